The highest BCUT2D eigenvalue weighted by Crippen LogP contribution is 2.18. The largest absolute Gasteiger partial charge is 0.409 e. The standard InChI is InChI=1S/C8H13N7O4S/c1-10-5(4-15(17)18)11-2-3-20-8-6(7(9)12-16)13-19-14-8/h4,10-11,16H,2-3H2,1H3,(H2,9,12)/b5-4+. The van der Waals surface area contributed by atoms with Gasteiger partial charge in [-0.15, -0.1) is 0 Å². The van der Waals surface area contributed by atoms with Gasteiger partial charge in [0.25, 0.3) is 6.20 Å². The van der Waals surface area contributed by atoms with Crippen LogP contribution >= 0.6 is 11.8 Å². The van der Waals surface area contributed by atoms with Crippen LogP contribution in [0.1, 0.15) is 5.69 Å². The van der Waals surface area contributed by atoms with Gasteiger partial charge >= 0.3 is 0 Å². The lowest BCUT2D eigenvalue weighted by Gasteiger charge is -2.06. The molecule has 0 radical (unpaired) electrons. The molecule has 0 atom stereocenters. The highest BCUT2D eigenvalue weighted by molar-refractivity contribution is 7.99. The van der Waals surface area contributed by atoms with Crippen molar-refractivity contribution in [3.8, 4) is 0 Å². The quantitative estimate of drug-likeness (QED) is 0.0902. The third-order valence-corrected chi connectivity index (χ3v) is 2.92. The van der Waals surface area contributed by atoms with Crippen LogP contribution in [0.25, 0.3) is 0 Å². The van der Waals surface area contributed by atoms with Crippen LogP contribution in [0, 0.1) is 10.1 Å². The van der Waals surface area contributed by atoms with E-state index in [9.17, 15) is 10.1 Å². The minimum atomic E-state index is -0.565. The van der Waals surface area contributed by atoms with E-state index >= 15 is 0 Å². The van der Waals surface area contributed by atoms with Gasteiger partial charge in [-0.1, -0.05) is 16.9 Å². The first-order valence-electron chi connectivity index (χ1n) is 5.28. The molecule has 0 aliphatic rings. The van der Waals surface area contributed by atoms with Crippen LogP contribution in [0.3, 0.4) is 0 Å². The van der Waals surface area contributed by atoms with Crippen LogP contribution in [0.4, 0.5) is 0 Å². The molecule has 0 saturated heterocycles. The molecule has 0 aliphatic carbocycles. The molecule has 20 heavy (non-hydrogen) atoms. The lowest BCUT2D eigenvalue weighted by molar-refractivity contribution is -0.404. The molecule has 0 unspecified atom stereocenters. The Labute approximate surface area is 117 Å². The maximum Gasteiger partial charge on any atom is 0.274 e. The van der Waals surface area contributed by atoms with Gasteiger partial charge in [0.2, 0.25) is 0 Å². The van der Waals surface area contributed by atoms with E-state index in [1.54, 1.807) is 7.05 Å². The minimum absolute atomic E-state index is 0.146. The normalized spacial score (nSPS) is 12.2. The van der Waals surface area contributed by atoms with Crippen LogP contribution in [0.2, 0.25) is 0 Å². The van der Waals surface area contributed by atoms with Gasteiger partial charge in [0.05, 0.1) is 4.92 Å². The number of nitro groups is 1. The van der Waals surface area contributed by atoms with Gasteiger partial charge in [-0.3, -0.25) is 10.1 Å². The Kier molecular flexibility index (Phi) is 6.09. The van der Waals surface area contributed by atoms with E-state index in [1.807, 2.05) is 0 Å². The van der Waals surface area contributed by atoms with Crippen molar-refractivity contribution in [2.24, 2.45) is 10.9 Å². The molecule has 5 N–H and O–H groups in total. The van der Waals surface area contributed by atoms with Crippen molar-refractivity contribution in [3.63, 3.8) is 0 Å². The second-order valence-electron chi connectivity index (χ2n) is 3.26. The fourth-order valence-electron chi connectivity index (χ4n) is 1.12. The van der Waals surface area contributed by atoms with Crippen molar-refractivity contribution >= 4 is 17.6 Å². The summed E-state index contributed by atoms with van der Waals surface area (Å²) >= 11 is 1.24. The summed E-state index contributed by atoms with van der Waals surface area (Å²) in [6.07, 6.45) is 0.824. The van der Waals surface area contributed by atoms with Crippen LogP contribution in [-0.4, -0.2) is 45.6 Å². The maximum atomic E-state index is 10.3. The van der Waals surface area contributed by atoms with Crippen molar-refractivity contribution in [1.29, 1.82) is 0 Å². The fraction of sp³-hybridized carbons (Fsp3) is 0.375. The summed E-state index contributed by atoms with van der Waals surface area (Å²) in [5.74, 6) is 0.591. The number of amidine groups is 1. The predicted octanol–water partition coefficient (Wildman–Crippen LogP) is -0.859. The van der Waals surface area contributed by atoms with Crippen molar-refractivity contribution in [3.05, 3.63) is 27.8 Å². The molecule has 110 valence electrons. The molecule has 1 aromatic heterocycles. The number of aromatic nitrogens is 2. The fourth-order valence-corrected chi connectivity index (χ4v) is 1.88. The summed E-state index contributed by atoms with van der Waals surface area (Å²) < 4.78 is 4.49. The van der Waals surface area contributed by atoms with Crippen molar-refractivity contribution in [1.82, 2.24) is 20.9 Å². The second kappa shape index (κ2) is 7.83. The number of oxime groups is 1. The summed E-state index contributed by atoms with van der Waals surface area (Å²) in [5, 5.41) is 34.6. The Morgan fingerprint density at radius 1 is 1.70 bits per heavy atom. The minimum Gasteiger partial charge on any atom is -0.409 e. The number of nitrogens with one attached hydrogen (secondary N) is 2. The van der Waals surface area contributed by atoms with Gasteiger partial charge in [0.1, 0.15) is 0 Å². The molecule has 1 aromatic rings. The molecule has 0 aliphatic heterocycles. The van der Waals surface area contributed by atoms with Gasteiger partial charge in [0, 0.05) is 19.3 Å². The second-order valence-corrected chi connectivity index (χ2v) is 4.34. The molecule has 11 nitrogen and oxygen atoms in total. The monoisotopic (exact) mass is 303 g/mol. The first-order valence-corrected chi connectivity index (χ1v) is 6.27. The zero-order chi connectivity index (χ0) is 15.0. The predicted molar refractivity (Wildman–Crippen MR) is 69.7 cm³/mol. The summed E-state index contributed by atoms with van der Waals surface area (Å²) in [4.78, 5) is 9.74. The van der Waals surface area contributed by atoms with E-state index in [0.717, 1.165) is 6.20 Å². The Bertz CT molecular complexity index is 515. The Morgan fingerprint density at radius 2 is 2.45 bits per heavy atom. The van der Waals surface area contributed by atoms with Crippen molar-refractivity contribution < 1.29 is 14.8 Å². The molecule has 0 spiro atoms. The van der Waals surface area contributed by atoms with E-state index in [1.165, 1.54) is 11.8 Å². The zero-order valence-corrected chi connectivity index (χ0v) is 11.3. The van der Waals surface area contributed by atoms with Crippen LogP contribution < -0.4 is 16.4 Å². The van der Waals surface area contributed by atoms with E-state index in [-0.39, 0.29) is 17.4 Å². The Balaban J connectivity index is 2.46. The molecule has 0 saturated carbocycles. The molecule has 0 aromatic carbocycles. The van der Waals surface area contributed by atoms with Gasteiger partial charge in [-0.25, -0.2) is 4.63 Å². The average molecular weight is 303 g/mol. The van der Waals surface area contributed by atoms with Crippen LogP contribution in [0.15, 0.2) is 26.8 Å². The number of hydrogen-bond acceptors (Lipinski definition) is 10. The number of rotatable bonds is 8. The van der Waals surface area contributed by atoms with Gasteiger partial charge < -0.3 is 21.6 Å². The summed E-state index contributed by atoms with van der Waals surface area (Å²) in [6.45, 7) is 0.424. The zero-order valence-electron chi connectivity index (χ0n) is 10.4. The highest BCUT2D eigenvalue weighted by atomic mass is 32.2. The first kappa shape index (κ1) is 15.6. The summed E-state index contributed by atoms with van der Waals surface area (Å²) in [5.41, 5.74) is 5.53. The molecule has 12 heteroatoms. The summed E-state index contributed by atoms with van der Waals surface area (Å²) in [6, 6.07) is 0. The van der Waals surface area contributed by atoms with Gasteiger partial charge in [-0.05, 0) is 10.3 Å². The molecular formula is C8H13N7O4S. The molecule has 0 amide bonds. The van der Waals surface area contributed by atoms with Crippen LogP contribution in [0.5, 0.6) is 0 Å². The average Bonchev–Trinajstić information content (AvgIpc) is 2.89. The van der Waals surface area contributed by atoms with E-state index < -0.39 is 4.92 Å². The van der Waals surface area contributed by atoms with E-state index in [2.05, 4.69) is 30.7 Å². The smallest absolute Gasteiger partial charge is 0.274 e. The first-order chi connectivity index (χ1) is 9.58. The number of nitrogens with zero attached hydrogens (tertiary/aromatic N) is 4. The van der Waals surface area contributed by atoms with E-state index in [0.29, 0.717) is 17.3 Å². The van der Waals surface area contributed by atoms with Crippen LogP contribution in [-0.2, 0) is 0 Å². The molecule has 1 heterocycles. The number of hydrogen-bond donors (Lipinski definition) is 4. The highest BCUT2D eigenvalue weighted by Gasteiger charge is 2.14. The Hall–Kier alpha value is -2.50. The SMILES string of the molecule is CN/C(=C\[N+](=O)[O-])NCCSc1nonc1/C(N)=N/O. The number of nitrogens with two attached hydrogens (primary N) is 1. The lowest BCUT2D eigenvalue weighted by Crippen LogP contribution is -2.26. The van der Waals surface area contributed by atoms with E-state index in [4.69, 9.17) is 10.9 Å². The summed E-state index contributed by atoms with van der Waals surface area (Å²) in [7, 11) is 1.56. The molecule has 1 rings (SSSR count). The third-order valence-electron chi connectivity index (χ3n) is 1.97. The molecular weight excluding hydrogens is 290 g/mol. The van der Waals surface area contributed by atoms with Crippen molar-refractivity contribution in [2.75, 3.05) is 19.3 Å². The Morgan fingerprint density at radius 3 is 3.05 bits per heavy atom. The van der Waals surface area contributed by atoms with Crippen molar-refractivity contribution in [2.45, 2.75) is 5.03 Å². The van der Waals surface area contributed by atoms with Gasteiger partial charge in [0.15, 0.2) is 22.4 Å². The topological polar surface area (TPSA) is 165 Å². The number of thioether (sulfide) groups is 1. The lowest BCUT2D eigenvalue weighted by atomic mass is 10.4. The molecule has 0 bridgehead atoms. The third kappa shape index (κ3) is 4.64. The molecule has 0 fully saturated rings. The van der Waals surface area contributed by atoms with Gasteiger partial charge in [-0.2, -0.15) is 0 Å². The maximum absolute atomic E-state index is 10.3.